The van der Waals surface area contributed by atoms with Crippen molar-refractivity contribution in [1.29, 1.82) is 0 Å². The van der Waals surface area contributed by atoms with Gasteiger partial charge >= 0.3 is 0 Å². The maximum Gasteiger partial charge on any atom is 0.115 e. The van der Waals surface area contributed by atoms with Crippen molar-refractivity contribution in [3.63, 3.8) is 0 Å². The van der Waals surface area contributed by atoms with E-state index in [1.807, 2.05) is 11.8 Å². The molecule has 0 amide bonds. The molecule has 18 heavy (non-hydrogen) atoms. The number of hydrogen-bond acceptors (Lipinski definition) is 5. The molecule has 1 heterocycles. The second-order valence-corrected chi connectivity index (χ2v) is 5.11. The Morgan fingerprint density at radius 2 is 1.83 bits per heavy atom. The first-order valence-corrected chi connectivity index (χ1v) is 6.77. The average Bonchev–Trinajstić information content (AvgIpc) is 2.43. The lowest BCUT2D eigenvalue weighted by atomic mass is 10.0. The van der Waals surface area contributed by atoms with Crippen LogP contribution in [0.5, 0.6) is 0 Å². The predicted octanol–water partition coefficient (Wildman–Crippen LogP) is 2.14. The number of hydrazine groups is 1. The van der Waals surface area contributed by atoms with Crippen molar-refractivity contribution in [2.45, 2.75) is 17.9 Å². The highest BCUT2D eigenvalue weighted by Gasteiger charge is 2.12. The molecular formula is C13H16N4S. The zero-order chi connectivity index (χ0) is 12.8. The van der Waals surface area contributed by atoms with Crippen molar-refractivity contribution in [3.05, 3.63) is 54.1 Å². The molecule has 0 spiro atoms. The molecule has 1 aromatic heterocycles. The smallest absolute Gasteiger partial charge is 0.115 e. The van der Waals surface area contributed by atoms with Crippen LogP contribution in [0.4, 0.5) is 0 Å². The Hall–Kier alpha value is -1.43. The topological polar surface area (TPSA) is 63.8 Å². The standard InChI is InChI=1S/C13H16N4S/c1-2-18-12-5-3-10(4-6-12)13(17-14)11-7-15-9-16-8-11/h3-9,13,17H,2,14H2,1H3. The van der Waals surface area contributed by atoms with E-state index in [0.717, 1.165) is 16.9 Å². The summed E-state index contributed by atoms with van der Waals surface area (Å²) in [7, 11) is 0. The van der Waals surface area contributed by atoms with Crippen LogP contribution in [0.3, 0.4) is 0 Å². The third-order valence-corrected chi connectivity index (χ3v) is 3.50. The van der Waals surface area contributed by atoms with E-state index in [9.17, 15) is 0 Å². The fraction of sp³-hybridized carbons (Fsp3) is 0.231. The quantitative estimate of drug-likeness (QED) is 0.490. The normalized spacial score (nSPS) is 12.3. The first-order valence-electron chi connectivity index (χ1n) is 5.79. The molecule has 1 atom stereocenters. The molecule has 1 unspecified atom stereocenters. The monoisotopic (exact) mass is 260 g/mol. The molecule has 0 radical (unpaired) electrons. The predicted molar refractivity (Wildman–Crippen MR) is 74.0 cm³/mol. The van der Waals surface area contributed by atoms with Gasteiger partial charge in [-0.15, -0.1) is 11.8 Å². The first kappa shape index (κ1) is 13.0. The Bertz CT molecular complexity index is 472. The van der Waals surface area contributed by atoms with Crippen LogP contribution in [-0.4, -0.2) is 15.7 Å². The summed E-state index contributed by atoms with van der Waals surface area (Å²) in [5.41, 5.74) is 4.86. The van der Waals surface area contributed by atoms with E-state index in [2.05, 4.69) is 46.6 Å². The van der Waals surface area contributed by atoms with Gasteiger partial charge in [0.2, 0.25) is 0 Å². The van der Waals surface area contributed by atoms with Crippen LogP contribution >= 0.6 is 11.8 Å². The van der Waals surface area contributed by atoms with Crippen molar-refractivity contribution >= 4 is 11.8 Å². The molecule has 0 aliphatic rings. The summed E-state index contributed by atoms with van der Waals surface area (Å²) >= 11 is 1.82. The van der Waals surface area contributed by atoms with Crippen molar-refractivity contribution in [2.24, 2.45) is 5.84 Å². The minimum absolute atomic E-state index is 0.0770. The number of nitrogens with two attached hydrogens (primary N) is 1. The lowest BCUT2D eigenvalue weighted by Gasteiger charge is -2.16. The second kappa shape index (κ2) is 6.49. The largest absolute Gasteiger partial charge is 0.271 e. The van der Waals surface area contributed by atoms with Crippen molar-refractivity contribution < 1.29 is 0 Å². The van der Waals surface area contributed by atoms with E-state index in [1.165, 1.54) is 11.2 Å². The summed E-state index contributed by atoms with van der Waals surface area (Å²) in [5.74, 6) is 6.70. The lowest BCUT2D eigenvalue weighted by Crippen LogP contribution is -2.29. The highest BCUT2D eigenvalue weighted by atomic mass is 32.2. The van der Waals surface area contributed by atoms with Gasteiger partial charge in [0.25, 0.3) is 0 Å². The van der Waals surface area contributed by atoms with Crippen LogP contribution in [0.25, 0.3) is 0 Å². The van der Waals surface area contributed by atoms with Gasteiger partial charge in [-0.25, -0.2) is 15.4 Å². The fourth-order valence-corrected chi connectivity index (χ4v) is 2.43. The van der Waals surface area contributed by atoms with Crippen LogP contribution in [-0.2, 0) is 0 Å². The molecule has 0 bridgehead atoms. The summed E-state index contributed by atoms with van der Waals surface area (Å²) in [6, 6.07) is 8.30. The summed E-state index contributed by atoms with van der Waals surface area (Å²) in [6.45, 7) is 2.14. The minimum atomic E-state index is -0.0770. The van der Waals surface area contributed by atoms with Crippen LogP contribution in [0, 0.1) is 0 Å². The molecule has 5 heteroatoms. The maximum atomic E-state index is 5.62. The highest BCUT2D eigenvalue weighted by molar-refractivity contribution is 7.99. The summed E-state index contributed by atoms with van der Waals surface area (Å²) in [6.07, 6.45) is 5.05. The summed E-state index contributed by atoms with van der Waals surface area (Å²) < 4.78 is 0. The Morgan fingerprint density at radius 3 is 2.39 bits per heavy atom. The number of rotatable bonds is 5. The van der Waals surface area contributed by atoms with Crippen LogP contribution in [0.1, 0.15) is 24.1 Å². The second-order valence-electron chi connectivity index (χ2n) is 3.77. The molecule has 94 valence electrons. The number of nitrogens with zero attached hydrogens (tertiary/aromatic N) is 2. The molecule has 0 aliphatic carbocycles. The van der Waals surface area contributed by atoms with Gasteiger partial charge in [0.05, 0.1) is 6.04 Å². The zero-order valence-corrected chi connectivity index (χ0v) is 11.0. The fourth-order valence-electron chi connectivity index (χ4n) is 1.77. The first-order chi connectivity index (χ1) is 8.85. The molecule has 0 aliphatic heterocycles. The minimum Gasteiger partial charge on any atom is -0.271 e. The number of thioether (sulfide) groups is 1. The van der Waals surface area contributed by atoms with Crippen molar-refractivity contribution in [2.75, 3.05) is 5.75 Å². The molecular weight excluding hydrogens is 244 g/mol. The van der Waals surface area contributed by atoms with Gasteiger partial charge in [0.1, 0.15) is 6.33 Å². The van der Waals surface area contributed by atoms with Crippen LogP contribution in [0.15, 0.2) is 47.9 Å². The van der Waals surface area contributed by atoms with E-state index in [1.54, 1.807) is 12.4 Å². The third kappa shape index (κ3) is 3.07. The number of benzene rings is 1. The third-order valence-electron chi connectivity index (χ3n) is 2.60. The maximum absolute atomic E-state index is 5.62. The van der Waals surface area contributed by atoms with Crippen LogP contribution in [0.2, 0.25) is 0 Å². The lowest BCUT2D eigenvalue weighted by molar-refractivity contribution is 0.631. The molecule has 2 rings (SSSR count). The van der Waals surface area contributed by atoms with Gasteiger partial charge in [-0.1, -0.05) is 19.1 Å². The number of aromatic nitrogens is 2. The van der Waals surface area contributed by atoms with E-state index in [0.29, 0.717) is 0 Å². The van der Waals surface area contributed by atoms with E-state index < -0.39 is 0 Å². The molecule has 0 fully saturated rings. The molecule has 2 aromatic rings. The van der Waals surface area contributed by atoms with Crippen molar-refractivity contribution in [3.8, 4) is 0 Å². The molecule has 1 aromatic carbocycles. The average molecular weight is 260 g/mol. The van der Waals surface area contributed by atoms with Gasteiger partial charge in [-0.05, 0) is 23.4 Å². The Morgan fingerprint density at radius 1 is 1.17 bits per heavy atom. The van der Waals surface area contributed by atoms with Gasteiger partial charge in [0, 0.05) is 22.9 Å². The Balaban J connectivity index is 2.23. The number of nitrogens with one attached hydrogen (secondary N) is 1. The van der Waals surface area contributed by atoms with Gasteiger partial charge in [-0.3, -0.25) is 5.84 Å². The Kier molecular flexibility index (Phi) is 4.69. The highest BCUT2D eigenvalue weighted by Crippen LogP contribution is 2.23. The van der Waals surface area contributed by atoms with Crippen LogP contribution < -0.4 is 11.3 Å². The number of hydrogen-bond donors (Lipinski definition) is 2. The summed E-state index contributed by atoms with van der Waals surface area (Å²) in [5, 5.41) is 0. The van der Waals surface area contributed by atoms with E-state index in [4.69, 9.17) is 5.84 Å². The zero-order valence-electron chi connectivity index (χ0n) is 10.2. The molecule has 0 saturated heterocycles. The van der Waals surface area contributed by atoms with Gasteiger partial charge in [-0.2, -0.15) is 0 Å². The van der Waals surface area contributed by atoms with E-state index >= 15 is 0 Å². The molecule has 3 N–H and O–H groups in total. The van der Waals surface area contributed by atoms with Crippen molar-refractivity contribution in [1.82, 2.24) is 15.4 Å². The SMILES string of the molecule is CCSc1ccc(C(NN)c2cncnc2)cc1. The van der Waals surface area contributed by atoms with Gasteiger partial charge in [0.15, 0.2) is 0 Å². The van der Waals surface area contributed by atoms with Gasteiger partial charge < -0.3 is 0 Å². The van der Waals surface area contributed by atoms with E-state index in [-0.39, 0.29) is 6.04 Å². The molecule has 4 nitrogen and oxygen atoms in total. The Labute approximate surface area is 111 Å². The summed E-state index contributed by atoms with van der Waals surface area (Å²) in [4.78, 5) is 9.30. The molecule has 0 saturated carbocycles.